The fourth-order valence-corrected chi connectivity index (χ4v) is 5.07. The number of amides is 1. The summed E-state index contributed by atoms with van der Waals surface area (Å²) in [7, 11) is -4.01. The van der Waals surface area contributed by atoms with Gasteiger partial charge < -0.3 is 15.5 Å². The number of aliphatic hydroxyl groups is 2. The minimum atomic E-state index is -4.01. The lowest BCUT2D eigenvalue weighted by Gasteiger charge is -2.30. The van der Waals surface area contributed by atoms with Gasteiger partial charge in [0.2, 0.25) is 10.0 Å². The Morgan fingerprint density at radius 2 is 1.58 bits per heavy atom. The maximum absolute atomic E-state index is 13.6. The van der Waals surface area contributed by atoms with Crippen LogP contribution in [0.5, 0.6) is 0 Å². The molecule has 0 saturated carbocycles. The summed E-state index contributed by atoms with van der Waals surface area (Å²) in [5.41, 5.74) is 1.68. The zero-order chi connectivity index (χ0) is 23.8. The maximum atomic E-state index is 13.6. The van der Waals surface area contributed by atoms with Gasteiger partial charge in [0.25, 0.3) is 5.91 Å². The molecule has 3 aromatic carbocycles. The minimum Gasteiger partial charge on any atom is -0.395 e. The molecule has 0 radical (unpaired) electrons. The van der Waals surface area contributed by atoms with Crippen molar-refractivity contribution in [2.24, 2.45) is 0 Å². The summed E-state index contributed by atoms with van der Waals surface area (Å²) >= 11 is 5.93. The number of nitrogens with one attached hydrogen (secondary N) is 1. The van der Waals surface area contributed by atoms with Crippen molar-refractivity contribution >= 4 is 27.5 Å². The third-order valence-corrected chi connectivity index (χ3v) is 7.20. The van der Waals surface area contributed by atoms with E-state index in [9.17, 15) is 18.3 Å². The van der Waals surface area contributed by atoms with Crippen LogP contribution in [0.4, 0.5) is 0 Å². The smallest absolute Gasteiger partial charge is 0.251 e. The molecule has 0 fully saturated rings. The Morgan fingerprint density at radius 1 is 0.939 bits per heavy atom. The fraction of sp³-hybridized carbons (Fsp3) is 0.208. The lowest BCUT2D eigenvalue weighted by atomic mass is 10.1. The number of halogens is 1. The van der Waals surface area contributed by atoms with E-state index in [1.807, 2.05) is 6.07 Å². The molecule has 1 atom stereocenters. The Labute approximate surface area is 198 Å². The summed E-state index contributed by atoms with van der Waals surface area (Å²) in [5.74, 6) is -0.334. The predicted molar refractivity (Wildman–Crippen MR) is 126 cm³/mol. The number of hydrogen-bond acceptors (Lipinski definition) is 5. The summed E-state index contributed by atoms with van der Waals surface area (Å²) in [6.45, 7) is -0.464. The van der Waals surface area contributed by atoms with Gasteiger partial charge >= 0.3 is 0 Å². The van der Waals surface area contributed by atoms with Crippen molar-refractivity contribution < 1.29 is 23.4 Å². The highest BCUT2D eigenvalue weighted by Crippen LogP contribution is 2.30. The van der Waals surface area contributed by atoms with E-state index in [0.29, 0.717) is 21.7 Å². The lowest BCUT2D eigenvalue weighted by molar-refractivity contribution is 0.0944. The molecule has 174 valence electrons. The van der Waals surface area contributed by atoms with Crippen LogP contribution in [0.3, 0.4) is 0 Å². The molecule has 0 spiro atoms. The third-order valence-electron chi connectivity index (χ3n) is 5.08. The van der Waals surface area contributed by atoms with Gasteiger partial charge in [0.05, 0.1) is 24.2 Å². The molecule has 0 saturated heterocycles. The first-order valence-corrected chi connectivity index (χ1v) is 12.1. The summed E-state index contributed by atoms with van der Waals surface area (Å²) in [6, 6.07) is 20.5. The number of benzene rings is 3. The molecule has 1 unspecified atom stereocenters. The van der Waals surface area contributed by atoms with Crippen LogP contribution in [-0.4, -0.2) is 48.6 Å². The number of sulfonamides is 1. The van der Waals surface area contributed by atoms with Gasteiger partial charge in [0.15, 0.2) is 0 Å². The standard InChI is InChI=1S/C24H25ClN2O5S/c25-21-10-12-22(13-11-21)33(31,32)27(23(17-29)19-4-2-1-3-5-19)16-18-6-8-20(9-7-18)24(30)26-14-15-28/h1-13,23,28-29H,14-17H2,(H,26,30). The normalized spacial score (nSPS) is 12.5. The number of hydrogen-bond donors (Lipinski definition) is 3. The molecular formula is C24H25ClN2O5S. The van der Waals surface area contributed by atoms with Crippen LogP contribution in [0.25, 0.3) is 0 Å². The average Bonchev–Trinajstić information content (AvgIpc) is 2.83. The number of carbonyl (C=O) groups excluding carboxylic acids is 1. The topological polar surface area (TPSA) is 107 Å². The molecule has 33 heavy (non-hydrogen) atoms. The minimum absolute atomic E-state index is 0.0242. The maximum Gasteiger partial charge on any atom is 0.251 e. The molecule has 3 N–H and O–H groups in total. The zero-order valence-corrected chi connectivity index (χ0v) is 19.3. The molecule has 3 aromatic rings. The molecular weight excluding hydrogens is 464 g/mol. The van der Waals surface area contributed by atoms with Crippen LogP contribution in [0.1, 0.15) is 27.5 Å². The monoisotopic (exact) mass is 488 g/mol. The fourth-order valence-electron chi connectivity index (χ4n) is 3.36. The van der Waals surface area contributed by atoms with Crippen molar-refractivity contribution in [3.63, 3.8) is 0 Å². The Balaban J connectivity index is 1.97. The summed E-state index contributed by atoms with van der Waals surface area (Å²) in [6.07, 6.45) is 0. The van der Waals surface area contributed by atoms with Crippen LogP contribution in [0.15, 0.2) is 83.8 Å². The van der Waals surface area contributed by atoms with Crippen LogP contribution in [0.2, 0.25) is 5.02 Å². The van der Waals surface area contributed by atoms with E-state index in [2.05, 4.69) is 5.32 Å². The van der Waals surface area contributed by atoms with E-state index >= 15 is 0 Å². The molecule has 9 heteroatoms. The molecule has 0 bridgehead atoms. The highest BCUT2D eigenvalue weighted by Gasteiger charge is 2.32. The van der Waals surface area contributed by atoms with Gasteiger partial charge in [0, 0.05) is 23.7 Å². The first-order valence-electron chi connectivity index (χ1n) is 10.3. The van der Waals surface area contributed by atoms with Crippen molar-refractivity contribution in [1.29, 1.82) is 0 Å². The molecule has 0 aliphatic rings. The van der Waals surface area contributed by atoms with Gasteiger partial charge in [-0.05, 0) is 47.5 Å². The summed E-state index contributed by atoms with van der Waals surface area (Å²) < 4.78 is 28.4. The molecule has 0 aromatic heterocycles. The number of carbonyl (C=O) groups is 1. The molecule has 0 aliphatic carbocycles. The Morgan fingerprint density at radius 3 is 2.15 bits per heavy atom. The van der Waals surface area contributed by atoms with E-state index in [1.165, 1.54) is 28.6 Å². The van der Waals surface area contributed by atoms with Crippen molar-refractivity contribution in [3.8, 4) is 0 Å². The van der Waals surface area contributed by atoms with E-state index in [4.69, 9.17) is 16.7 Å². The zero-order valence-electron chi connectivity index (χ0n) is 17.8. The van der Waals surface area contributed by atoms with Gasteiger partial charge in [0.1, 0.15) is 0 Å². The van der Waals surface area contributed by atoms with E-state index in [1.54, 1.807) is 48.5 Å². The van der Waals surface area contributed by atoms with Crippen molar-refractivity contribution in [1.82, 2.24) is 9.62 Å². The summed E-state index contributed by atoms with van der Waals surface area (Å²) in [5, 5.41) is 22.0. The highest BCUT2D eigenvalue weighted by atomic mass is 35.5. The number of aliphatic hydroxyl groups excluding tert-OH is 2. The number of rotatable bonds is 10. The van der Waals surface area contributed by atoms with Gasteiger partial charge in [-0.15, -0.1) is 0 Å². The second-order valence-electron chi connectivity index (χ2n) is 7.29. The second-order valence-corrected chi connectivity index (χ2v) is 9.62. The van der Waals surface area contributed by atoms with Crippen molar-refractivity contribution in [2.75, 3.05) is 19.8 Å². The van der Waals surface area contributed by atoms with Gasteiger partial charge in [-0.3, -0.25) is 4.79 Å². The second kappa shape index (κ2) is 11.4. The molecule has 1 amide bonds. The Hall–Kier alpha value is -2.75. The average molecular weight is 489 g/mol. The first kappa shape index (κ1) is 24.9. The quantitative estimate of drug-likeness (QED) is 0.406. The van der Waals surface area contributed by atoms with Crippen molar-refractivity contribution in [2.45, 2.75) is 17.5 Å². The molecule has 0 aliphatic heterocycles. The SMILES string of the molecule is O=C(NCCO)c1ccc(CN(C(CO)c2ccccc2)S(=O)(=O)c2ccc(Cl)cc2)cc1. The van der Waals surface area contributed by atoms with Crippen molar-refractivity contribution in [3.05, 3.63) is 101 Å². The van der Waals surface area contributed by atoms with Crippen LogP contribution in [0, 0.1) is 0 Å². The van der Waals surface area contributed by atoms with Crippen LogP contribution < -0.4 is 5.32 Å². The van der Waals surface area contributed by atoms with E-state index in [0.717, 1.165) is 0 Å². The van der Waals surface area contributed by atoms with Gasteiger partial charge in [-0.1, -0.05) is 54.1 Å². The van der Waals surface area contributed by atoms with E-state index in [-0.39, 0.29) is 30.5 Å². The molecule has 0 heterocycles. The first-order chi connectivity index (χ1) is 15.9. The summed E-state index contributed by atoms with van der Waals surface area (Å²) in [4.78, 5) is 12.1. The lowest BCUT2D eigenvalue weighted by Crippen LogP contribution is -2.36. The molecule has 7 nitrogen and oxygen atoms in total. The Bertz CT molecular complexity index is 1150. The van der Waals surface area contributed by atoms with Gasteiger partial charge in [-0.25, -0.2) is 8.42 Å². The van der Waals surface area contributed by atoms with Crippen LogP contribution >= 0.6 is 11.6 Å². The predicted octanol–water partition coefficient (Wildman–Crippen LogP) is 2.99. The van der Waals surface area contributed by atoms with Gasteiger partial charge in [-0.2, -0.15) is 4.31 Å². The third kappa shape index (κ3) is 6.19. The van der Waals surface area contributed by atoms with E-state index < -0.39 is 22.7 Å². The Kier molecular flexibility index (Phi) is 8.60. The number of nitrogens with zero attached hydrogens (tertiary/aromatic N) is 1. The van der Waals surface area contributed by atoms with Crippen LogP contribution in [-0.2, 0) is 16.6 Å². The largest absolute Gasteiger partial charge is 0.395 e. The molecule has 3 rings (SSSR count). The highest BCUT2D eigenvalue weighted by molar-refractivity contribution is 7.89.